The van der Waals surface area contributed by atoms with Crippen LogP contribution in [0.4, 0.5) is 0 Å². The molecular weight excluding hydrogens is 148 g/mol. The summed E-state index contributed by atoms with van der Waals surface area (Å²) in [5.41, 5.74) is 1.69. The lowest BCUT2D eigenvalue weighted by Crippen LogP contribution is -2.50. The normalized spacial score (nSPS) is 23.3. The Kier molecular flexibility index (Phi) is 2.78. The van der Waals surface area contributed by atoms with Crippen LogP contribution < -0.4 is 5.32 Å². The van der Waals surface area contributed by atoms with Gasteiger partial charge in [0.1, 0.15) is 0 Å². The third-order valence-electron chi connectivity index (χ3n) is 2.31. The number of rotatable bonds is 0. The summed E-state index contributed by atoms with van der Waals surface area (Å²) < 4.78 is 0. The van der Waals surface area contributed by atoms with E-state index in [9.17, 15) is 0 Å². The van der Waals surface area contributed by atoms with E-state index in [4.69, 9.17) is 0 Å². The molecule has 0 aliphatic carbocycles. The predicted molar refractivity (Wildman–Crippen MR) is 53.1 cm³/mol. The van der Waals surface area contributed by atoms with Gasteiger partial charge in [-0.05, 0) is 27.7 Å². The Morgan fingerprint density at radius 1 is 1.42 bits per heavy atom. The fourth-order valence-corrected chi connectivity index (χ4v) is 1.67. The summed E-state index contributed by atoms with van der Waals surface area (Å²) in [6.45, 7) is 12.2. The molecule has 0 aromatic carbocycles. The summed E-state index contributed by atoms with van der Waals surface area (Å²) in [6.07, 6.45) is 2.21. The average molecular weight is 168 g/mol. The topological polar surface area (TPSA) is 15.3 Å². The molecule has 2 heteroatoms. The van der Waals surface area contributed by atoms with E-state index in [-0.39, 0.29) is 5.54 Å². The third-order valence-corrected chi connectivity index (χ3v) is 2.31. The molecule has 2 nitrogen and oxygen atoms in total. The smallest absolute Gasteiger partial charge is 0.0353 e. The molecule has 1 heterocycles. The van der Waals surface area contributed by atoms with Gasteiger partial charge in [0, 0.05) is 30.9 Å². The van der Waals surface area contributed by atoms with E-state index in [1.807, 2.05) is 0 Å². The van der Waals surface area contributed by atoms with Gasteiger partial charge in [-0.3, -0.25) is 0 Å². The lowest BCUT2D eigenvalue weighted by Gasteiger charge is -2.42. The largest absolute Gasteiger partial charge is 0.368 e. The minimum atomic E-state index is 0.268. The highest BCUT2D eigenvalue weighted by atomic mass is 15.2. The Bertz CT molecular complexity index is 177. The van der Waals surface area contributed by atoms with Gasteiger partial charge in [0.05, 0.1) is 0 Å². The highest BCUT2D eigenvalue weighted by Gasteiger charge is 2.24. The first kappa shape index (κ1) is 9.59. The van der Waals surface area contributed by atoms with Gasteiger partial charge in [0.25, 0.3) is 0 Å². The molecule has 1 aliphatic heterocycles. The summed E-state index contributed by atoms with van der Waals surface area (Å²) in [5.74, 6) is 0. The molecule has 0 radical (unpaired) electrons. The van der Waals surface area contributed by atoms with Gasteiger partial charge in [-0.1, -0.05) is 6.08 Å². The van der Waals surface area contributed by atoms with Gasteiger partial charge >= 0.3 is 0 Å². The molecule has 0 aromatic heterocycles. The number of piperazine rings is 1. The van der Waals surface area contributed by atoms with E-state index in [0.717, 1.165) is 19.6 Å². The second-order valence-corrected chi connectivity index (χ2v) is 4.28. The SMILES string of the molecule is C/C=C1/CNCCN1C(C)(C)C. The van der Waals surface area contributed by atoms with Crippen LogP contribution in [0.25, 0.3) is 0 Å². The second kappa shape index (κ2) is 3.48. The van der Waals surface area contributed by atoms with Crippen molar-refractivity contribution >= 4 is 0 Å². The fourth-order valence-electron chi connectivity index (χ4n) is 1.67. The molecule has 0 atom stereocenters. The van der Waals surface area contributed by atoms with Gasteiger partial charge < -0.3 is 10.2 Å². The lowest BCUT2D eigenvalue weighted by atomic mass is 10.0. The average Bonchev–Trinajstić information content (AvgIpc) is 2.03. The van der Waals surface area contributed by atoms with Gasteiger partial charge in [-0.15, -0.1) is 0 Å². The van der Waals surface area contributed by atoms with E-state index in [2.05, 4.69) is 44.0 Å². The lowest BCUT2D eigenvalue weighted by molar-refractivity contribution is 0.164. The Labute approximate surface area is 75.6 Å². The summed E-state index contributed by atoms with van der Waals surface area (Å²) in [6, 6.07) is 0. The first-order chi connectivity index (χ1) is 5.55. The Balaban J connectivity index is 2.73. The number of nitrogens with zero attached hydrogens (tertiary/aromatic N) is 1. The molecular formula is C10H20N2. The van der Waals surface area contributed by atoms with Crippen molar-refractivity contribution in [1.82, 2.24) is 10.2 Å². The maximum atomic E-state index is 3.38. The number of nitrogens with one attached hydrogen (secondary N) is 1. The Hall–Kier alpha value is -0.500. The minimum absolute atomic E-state index is 0.268. The molecule has 1 N–H and O–H groups in total. The third kappa shape index (κ3) is 2.01. The first-order valence-corrected chi connectivity index (χ1v) is 4.69. The number of allylic oxidation sites excluding steroid dienone is 1. The molecule has 1 saturated heterocycles. The summed E-state index contributed by atoms with van der Waals surface area (Å²) in [7, 11) is 0. The van der Waals surface area contributed by atoms with Crippen LogP contribution in [0.1, 0.15) is 27.7 Å². The molecule has 0 unspecified atom stereocenters. The zero-order valence-corrected chi connectivity index (χ0v) is 8.65. The van der Waals surface area contributed by atoms with Crippen molar-refractivity contribution < 1.29 is 0 Å². The summed E-state index contributed by atoms with van der Waals surface area (Å²) >= 11 is 0. The van der Waals surface area contributed by atoms with Crippen molar-refractivity contribution in [1.29, 1.82) is 0 Å². The zero-order valence-electron chi connectivity index (χ0n) is 8.65. The van der Waals surface area contributed by atoms with Crippen LogP contribution in [0.2, 0.25) is 0 Å². The molecule has 1 aliphatic rings. The molecule has 0 amide bonds. The monoisotopic (exact) mass is 168 g/mol. The first-order valence-electron chi connectivity index (χ1n) is 4.69. The minimum Gasteiger partial charge on any atom is -0.368 e. The van der Waals surface area contributed by atoms with E-state index in [0.29, 0.717) is 0 Å². The van der Waals surface area contributed by atoms with Gasteiger partial charge in [-0.2, -0.15) is 0 Å². The molecule has 1 fully saturated rings. The van der Waals surface area contributed by atoms with Crippen LogP contribution >= 0.6 is 0 Å². The van der Waals surface area contributed by atoms with Crippen molar-refractivity contribution in [2.75, 3.05) is 19.6 Å². The van der Waals surface area contributed by atoms with Gasteiger partial charge in [-0.25, -0.2) is 0 Å². The van der Waals surface area contributed by atoms with Crippen LogP contribution in [0, 0.1) is 0 Å². The van der Waals surface area contributed by atoms with E-state index < -0.39 is 0 Å². The Morgan fingerprint density at radius 3 is 2.50 bits per heavy atom. The molecule has 0 spiro atoms. The van der Waals surface area contributed by atoms with E-state index in [1.54, 1.807) is 0 Å². The van der Waals surface area contributed by atoms with Crippen molar-refractivity contribution in [2.24, 2.45) is 0 Å². The highest BCUT2D eigenvalue weighted by molar-refractivity contribution is 5.08. The predicted octanol–water partition coefficient (Wildman–Crippen LogP) is 1.59. The van der Waals surface area contributed by atoms with Crippen molar-refractivity contribution in [2.45, 2.75) is 33.2 Å². The molecule has 12 heavy (non-hydrogen) atoms. The quantitative estimate of drug-likeness (QED) is 0.591. The van der Waals surface area contributed by atoms with Crippen molar-refractivity contribution in [3.8, 4) is 0 Å². The Morgan fingerprint density at radius 2 is 2.08 bits per heavy atom. The molecule has 70 valence electrons. The fraction of sp³-hybridized carbons (Fsp3) is 0.800. The highest BCUT2D eigenvalue weighted by Crippen LogP contribution is 2.20. The van der Waals surface area contributed by atoms with E-state index in [1.165, 1.54) is 5.70 Å². The summed E-state index contributed by atoms with van der Waals surface area (Å²) in [4.78, 5) is 2.48. The maximum Gasteiger partial charge on any atom is 0.0353 e. The zero-order chi connectivity index (χ0) is 9.19. The van der Waals surface area contributed by atoms with Crippen LogP contribution in [0.5, 0.6) is 0 Å². The second-order valence-electron chi connectivity index (χ2n) is 4.28. The number of hydrogen-bond acceptors (Lipinski definition) is 2. The van der Waals surface area contributed by atoms with Crippen LogP contribution in [-0.2, 0) is 0 Å². The standard InChI is InChI=1S/C10H20N2/c1-5-9-8-11-6-7-12(9)10(2,3)4/h5,11H,6-8H2,1-4H3/b9-5-. The van der Waals surface area contributed by atoms with Gasteiger partial charge in [0.2, 0.25) is 0 Å². The summed E-state index contributed by atoms with van der Waals surface area (Å²) in [5, 5.41) is 3.38. The molecule has 1 rings (SSSR count). The molecule has 0 aromatic rings. The number of hydrogen-bond donors (Lipinski definition) is 1. The van der Waals surface area contributed by atoms with Crippen LogP contribution in [0.3, 0.4) is 0 Å². The van der Waals surface area contributed by atoms with Crippen LogP contribution in [-0.4, -0.2) is 30.1 Å². The van der Waals surface area contributed by atoms with Crippen molar-refractivity contribution in [3.05, 3.63) is 11.8 Å². The van der Waals surface area contributed by atoms with Crippen molar-refractivity contribution in [3.63, 3.8) is 0 Å². The molecule has 0 saturated carbocycles. The molecule has 0 bridgehead atoms. The maximum absolute atomic E-state index is 3.38. The van der Waals surface area contributed by atoms with Gasteiger partial charge in [0.15, 0.2) is 0 Å². The van der Waals surface area contributed by atoms with E-state index >= 15 is 0 Å². The van der Waals surface area contributed by atoms with Crippen LogP contribution in [0.15, 0.2) is 11.8 Å².